The Bertz CT molecular complexity index is 238. The summed E-state index contributed by atoms with van der Waals surface area (Å²) in [4.78, 5) is 2.89. The van der Waals surface area contributed by atoms with E-state index >= 15 is 0 Å². The van der Waals surface area contributed by atoms with Gasteiger partial charge in [0.2, 0.25) is 0 Å². The molecular weight excluding hydrogens is 174 g/mol. The fourth-order valence-electron chi connectivity index (χ4n) is 1.20. The number of thioether (sulfide) groups is 1. The summed E-state index contributed by atoms with van der Waals surface area (Å²) < 4.78 is 0. The summed E-state index contributed by atoms with van der Waals surface area (Å²) in [7, 11) is 0. The molecule has 0 saturated carbocycles. The van der Waals surface area contributed by atoms with E-state index in [1.165, 1.54) is 15.5 Å². The summed E-state index contributed by atoms with van der Waals surface area (Å²) in [6.07, 6.45) is 0. The Kier molecular flexibility index (Phi) is 2.20. The third-order valence-corrected chi connectivity index (χ3v) is 4.14. The molecule has 1 aliphatic rings. The molecule has 1 nitrogen and oxygen atoms in total. The lowest BCUT2D eigenvalue weighted by Crippen LogP contribution is -2.10. The van der Waals surface area contributed by atoms with Crippen molar-refractivity contribution < 1.29 is 0 Å². The fraction of sp³-hybridized carbons (Fsp3) is 0.500. The highest BCUT2D eigenvalue weighted by Gasteiger charge is 2.17. The number of nitrogens with one attached hydrogen (secondary N) is 1. The van der Waals surface area contributed by atoms with E-state index in [4.69, 9.17) is 0 Å². The Hall–Kier alpha value is 0.01000. The van der Waals surface area contributed by atoms with Gasteiger partial charge in [-0.1, -0.05) is 0 Å². The monoisotopic (exact) mass is 185 g/mol. The fourth-order valence-corrected chi connectivity index (χ4v) is 3.34. The van der Waals surface area contributed by atoms with Crippen LogP contribution in [-0.2, 0) is 0 Å². The molecule has 0 bridgehead atoms. The second-order valence-corrected chi connectivity index (χ2v) is 5.19. The zero-order valence-corrected chi connectivity index (χ0v) is 8.10. The molecule has 1 N–H and O–H groups in total. The van der Waals surface area contributed by atoms with Gasteiger partial charge in [-0.05, 0) is 19.1 Å². The molecule has 0 aliphatic carbocycles. The molecule has 0 radical (unpaired) electrons. The smallest absolute Gasteiger partial charge is 0.0883 e. The van der Waals surface area contributed by atoms with E-state index in [9.17, 15) is 0 Å². The lowest BCUT2D eigenvalue weighted by atomic mass is 10.4. The molecule has 2 rings (SSSR count). The SMILES string of the molecule is Cc1ccc([C@H]2NCCS2)s1. The van der Waals surface area contributed by atoms with E-state index < -0.39 is 0 Å². The van der Waals surface area contributed by atoms with Crippen molar-refractivity contribution in [3.05, 3.63) is 21.9 Å². The molecule has 1 saturated heterocycles. The molecule has 60 valence electrons. The molecule has 1 fully saturated rings. The molecule has 0 unspecified atom stereocenters. The van der Waals surface area contributed by atoms with Crippen LogP contribution in [0.15, 0.2) is 12.1 Å². The van der Waals surface area contributed by atoms with Crippen molar-refractivity contribution >= 4 is 23.1 Å². The number of hydrogen-bond donors (Lipinski definition) is 1. The van der Waals surface area contributed by atoms with Crippen LogP contribution in [0.5, 0.6) is 0 Å². The van der Waals surface area contributed by atoms with Crippen molar-refractivity contribution in [2.45, 2.75) is 12.3 Å². The Labute approximate surface area is 75.2 Å². The highest BCUT2D eigenvalue weighted by atomic mass is 32.2. The minimum Gasteiger partial charge on any atom is -0.300 e. The van der Waals surface area contributed by atoms with Gasteiger partial charge in [0.15, 0.2) is 0 Å². The van der Waals surface area contributed by atoms with E-state index in [1.807, 2.05) is 23.1 Å². The third-order valence-electron chi connectivity index (χ3n) is 1.74. The molecule has 1 aliphatic heterocycles. The number of hydrogen-bond acceptors (Lipinski definition) is 3. The van der Waals surface area contributed by atoms with Crippen LogP contribution in [0.25, 0.3) is 0 Å². The number of thiophene rings is 1. The lowest BCUT2D eigenvalue weighted by molar-refractivity contribution is 0.761. The first-order chi connectivity index (χ1) is 5.36. The van der Waals surface area contributed by atoms with Crippen molar-refractivity contribution in [2.24, 2.45) is 0 Å². The summed E-state index contributed by atoms with van der Waals surface area (Å²) in [5.41, 5.74) is 0. The van der Waals surface area contributed by atoms with Gasteiger partial charge in [0.05, 0.1) is 5.37 Å². The van der Waals surface area contributed by atoms with Crippen LogP contribution in [0.2, 0.25) is 0 Å². The Morgan fingerprint density at radius 1 is 1.55 bits per heavy atom. The van der Waals surface area contributed by atoms with Crippen LogP contribution in [0.3, 0.4) is 0 Å². The van der Waals surface area contributed by atoms with E-state index in [0.717, 1.165) is 6.54 Å². The van der Waals surface area contributed by atoms with Crippen molar-refractivity contribution in [1.82, 2.24) is 5.32 Å². The van der Waals surface area contributed by atoms with Gasteiger partial charge in [0.25, 0.3) is 0 Å². The molecule has 1 aromatic heterocycles. The van der Waals surface area contributed by atoms with E-state index in [-0.39, 0.29) is 0 Å². The Balaban J connectivity index is 2.15. The number of rotatable bonds is 1. The molecular formula is C8H11NS2. The second-order valence-electron chi connectivity index (χ2n) is 2.65. The first kappa shape index (κ1) is 7.65. The molecule has 2 heterocycles. The van der Waals surface area contributed by atoms with E-state index in [0.29, 0.717) is 5.37 Å². The number of aryl methyl sites for hydroxylation is 1. The van der Waals surface area contributed by atoms with Crippen LogP contribution >= 0.6 is 23.1 Å². The quantitative estimate of drug-likeness (QED) is 0.721. The Morgan fingerprint density at radius 3 is 3.00 bits per heavy atom. The summed E-state index contributed by atoms with van der Waals surface area (Å²) in [5.74, 6) is 1.25. The Morgan fingerprint density at radius 2 is 2.45 bits per heavy atom. The highest BCUT2D eigenvalue weighted by molar-refractivity contribution is 7.99. The van der Waals surface area contributed by atoms with Gasteiger partial charge < -0.3 is 5.32 Å². The van der Waals surface area contributed by atoms with Gasteiger partial charge in [-0.15, -0.1) is 23.1 Å². The predicted molar refractivity (Wildman–Crippen MR) is 52.3 cm³/mol. The van der Waals surface area contributed by atoms with Gasteiger partial charge in [-0.2, -0.15) is 0 Å². The molecule has 3 heteroatoms. The average Bonchev–Trinajstić information content (AvgIpc) is 2.55. The minimum absolute atomic E-state index is 0.577. The average molecular weight is 185 g/mol. The third kappa shape index (κ3) is 1.60. The lowest BCUT2D eigenvalue weighted by Gasteiger charge is -2.04. The normalized spacial score (nSPS) is 24.3. The highest BCUT2D eigenvalue weighted by Crippen LogP contribution is 2.33. The molecule has 1 aromatic rings. The summed E-state index contributed by atoms with van der Waals surface area (Å²) in [6, 6.07) is 4.43. The van der Waals surface area contributed by atoms with Gasteiger partial charge in [-0.25, -0.2) is 0 Å². The van der Waals surface area contributed by atoms with E-state index in [2.05, 4.69) is 24.4 Å². The van der Waals surface area contributed by atoms with Gasteiger partial charge in [0, 0.05) is 22.1 Å². The largest absolute Gasteiger partial charge is 0.300 e. The summed E-state index contributed by atoms with van der Waals surface area (Å²) in [5, 5.41) is 4.04. The molecule has 0 spiro atoms. The van der Waals surface area contributed by atoms with Crippen LogP contribution < -0.4 is 5.32 Å². The van der Waals surface area contributed by atoms with E-state index in [1.54, 1.807) is 0 Å². The standard InChI is InChI=1S/C8H11NS2/c1-6-2-3-7(11-6)8-9-4-5-10-8/h2-3,8-9H,4-5H2,1H3/t8-/m0/s1. The predicted octanol–water partition coefficient (Wildman–Crippen LogP) is 2.39. The maximum absolute atomic E-state index is 3.46. The first-order valence-electron chi connectivity index (χ1n) is 3.77. The van der Waals surface area contributed by atoms with Gasteiger partial charge >= 0.3 is 0 Å². The van der Waals surface area contributed by atoms with Crippen molar-refractivity contribution in [3.63, 3.8) is 0 Å². The second kappa shape index (κ2) is 3.17. The van der Waals surface area contributed by atoms with Gasteiger partial charge in [0.1, 0.15) is 0 Å². The molecule has 1 atom stereocenters. The topological polar surface area (TPSA) is 12.0 Å². The summed E-state index contributed by atoms with van der Waals surface area (Å²) >= 11 is 3.91. The van der Waals surface area contributed by atoms with Gasteiger partial charge in [-0.3, -0.25) is 0 Å². The van der Waals surface area contributed by atoms with Crippen molar-refractivity contribution in [3.8, 4) is 0 Å². The van der Waals surface area contributed by atoms with Crippen LogP contribution in [0.4, 0.5) is 0 Å². The maximum Gasteiger partial charge on any atom is 0.0883 e. The van der Waals surface area contributed by atoms with Crippen LogP contribution in [0, 0.1) is 6.92 Å². The van der Waals surface area contributed by atoms with Crippen molar-refractivity contribution in [2.75, 3.05) is 12.3 Å². The van der Waals surface area contributed by atoms with Crippen LogP contribution in [0.1, 0.15) is 15.1 Å². The molecule has 0 aromatic carbocycles. The molecule has 11 heavy (non-hydrogen) atoms. The molecule has 0 amide bonds. The van der Waals surface area contributed by atoms with Crippen molar-refractivity contribution in [1.29, 1.82) is 0 Å². The first-order valence-corrected chi connectivity index (χ1v) is 5.64. The zero-order chi connectivity index (χ0) is 7.68. The minimum atomic E-state index is 0.577. The summed E-state index contributed by atoms with van der Waals surface area (Å²) in [6.45, 7) is 3.32. The maximum atomic E-state index is 3.46. The van der Waals surface area contributed by atoms with Crippen LogP contribution in [-0.4, -0.2) is 12.3 Å². The zero-order valence-electron chi connectivity index (χ0n) is 6.46.